The largest absolute Gasteiger partial charge is 0.497 e. The summed E-state index contributed by atoms with van der Waals surface area (Å²) in [5.41, 5.74) is 1.33. The van der Waals surface area contributed by atoms with E-state index in [1.165, 1.54) is 75.7 Å². The highest BCUT2D eigenvalue weighted by Crippen LogP contribution is 2.19. The standard InChI is InChI=1S/C19H31N3OS/c1-23-19-5-3-18(4-6-19)22-13-11-21(12-14-22)10-2-9-20-17-7-15-24-16-8-17/h3-6,17,20H,2,7-16H2,1H3/p+2. The number of rotatable bonds is 7. The van der Waals surface area contributed by atoms with E-state index in [1.54, 1.807) is 12.0 Å². The number of piperazine rings is 1. The number of methoxy groups -OCH3 is 1. The van der Waals surface area contributed by atoms with Crippen LogP contribution in [0.25, 0.3) is 0 Å². The number of hydrogen-bond acceptors (Lipinski definition) is 3. The second-order valence-electron chi connectivity index (χ2n) is 7.01. The molecular weight excluding hydrogens is 318 g/mol. The monoisotopic (exact) mass is 351 g/mol. The molecule has 5 heteroatoms. The predicted octanol–water partition coefficient (Wildman–Crippen LogP) is 0.249. The van der Waals surface area contributed by atoms with Gasteiger partial charge in [0.1, 0.15) is 5.75 Å². The summed E-state index contributed by atoms with van der Waals surface area (Å²) in [7, 11) is 1.72. The molecule has 0 aliphatic carbocycles. The van der Waals surface area contributed by atoms with Crippen LogP contribution in [0.5, 0.6) is 5.75 Å². The van der Waals surface area contributed by atoms with Crippen LogP contribution in [0.2, 0.25) is 0 Å². The minimum Gasteiger partial charge on any atom is -0.497 e. The second-order valence-corrected chi connectivity index (χ2v) is 8.24. The van der Waals surface area contributed by atoms with E-state index in [2.05, 4.69) is 46.2 Å². The van der Waals surface area contributed by atoms with Gasteiger partial charge in [-0.15, -0.1) is 0 Å². The first-order valence-electron chi connectivity index (χ1n) is 9.49. The number of nitrogens with one attached hydrogen (secondary N) is 1. The molecule has 4 nitrogen and oxygen atoms in total. The van der Waals surface area contributed by atoms with Crippen molar-refractivity contribution < 1.29 is 15.0 Å². The van der Waals surface area contributed by atoms with Gasteiger partial charge in [0.05, 0.1) is 52.4 Å². The summed E-state index contributed by atoms with van der Waals surface area (Å²) < 4.78 is 5.25. The molecule has 0 bridgehead atoms. The Hall–Kier alpha value is -0.910. The molecule has 0 amide bonds. The van der Waals surface area contributed by atoms with Gasteiger partial charge in [0.25, 0.3) is 0 Å². The van der Waals surface area contributed by atoms with Crippen LogP contribution in [0, 0.1) is 0 Å². The smallest absolute Gasteiger partial charge is 0.119 e. The first kappa shape index (κ1) is 17.9. The minimum absolute atomic E-state index is 0.910. The molecule has 2 saturated heterocycles. The second kappa shape index (κ2) is 9.54. The van der Waals surface area contributed by atoms with Crippen molar-refractivity contribution in [2.24, 2.45) is 0 Å². The number of anilines is 1. The molecule has 0 saturated carbocycles. The summed E-state index contributed by atoms with van der Waals surface area (Å²) in [6.45, 7) is 7.55. The Morgan fingerprint density at radius 2 is 1.88 bits per heavy atom. The molecule has 3 rings (SSSR count). The third kappa shape index (κ3) is 5.30. The fraction of sp³-hybridized carbons (Fsp3) is 0.684. The molecule has 2 aliphatic heterocycles. The Labute approximate surface area is 150 Å². The summed E-state index contributed by atoms with van der Waals surface area (Å²) in [5.74, 6) is 3.69. The predicted molar refractivity (Wildman–Crippen MR) is 103 cm³/mol. The molecule has 0 unspecified atom stereocenters. The molecule has 3 N–H and O–H groups in total. The number of quaternary nitrogens is 2. The van der Waals surface area contributed by atoms with Gasteiger partial charge in [-0.2, -0.15) is 11.8 Å². The summed E-state index contributed by atoms with van der Waals surface area (Å²) in [5, 5.41) is 2.62. The number of thioether (sulfide) groups is 1. The third-order valence-corrected chi connectivity index (χ3v) is 6.46. The van der Waals surface area contributed by atoms with E-state index >= 15 is 0 Å². The fourth-order valence-electron chi connectivity index (χ4n) is 3.78. The maximum atomic E-state index is 5.25. The summed E-state index contributed by atoms with van der Waals surface area (Å²) >= 11 is 2.13. The summed E-state index contributed by atoms with van der Waals surface area (Å²) in [6, 6.07) is 9.40. The van der Waals surface area contributed by atoms with Gasteiger partial charge in [0.2, 0.25) is 0 Å². The van der Waals surface area contributed by atoms with Crippen molar-refractivity contribution >= 4 is 17.4 Å². The Balaban J connectivity index is 1.31. The van der Waals surface area contributed by atoms with E-state index in [1.807, 2.05) is 0 Å². The average Bonchev–Trinajstić information content (AvgIpc) is 2.67. The van der Waals surface area contributed by atoms with E-state index in [4.69, 9.17) is 4.74 Å². The molecule has 0 radical (unpaired) electrons. The lowest BCUT2D eigenvalue weighted by molar-refractivity contribution is -0.902. The number of nitrogens with zero attached hydrogens (tertiary/aromatic N) is 1. The zero-order valence-corrected chi connectivity index (χ0v) is 15.8. The van der Waals surface area contributed by atoms with E-state index in [9.17, 15) is 0 Å². The molecular formula is C19H33N3OS+2. The summed E-state index contributed by atoms with van der Waals surface area (Å²) in [6.07, 6.45) is 4.19. The SMILES string of the molecule is COc1ccc(N2CC[NH+](CCC[NH2+]C3CCSCC3)CC2)cc1. The van der Waals surface area contributed by atoms with Crippen LogP contribution >= 0.6 is 11.8 Å². The minimum atomic E-state index is 0.910. The van der Waals surface area contributed by atoms with Gasteiger partial charge in [-0.25, -0.2) is 0 Å². The number of ether oxygens (including phenoxy) is 1. The van der Waals surface area contributed by atoms with Gasteiger partial charge in [0, 0.05) is 24.9 Å². The highest BCUT2D eigenvalue weighted by atomic mass is 32.2. The average molecular weight is 352 g/mol. The highest BCUT2D eigenvalue weighted by Gasteiger charge is 2.20. The van der Waals surface area contributed by atoms with Gasteiger partial charge in [0.15, 0.2) is 0 Å². The Bertz CT molecular complexity index is 468. The van der Waals surface area contributed by atoms with Crippen molar-refractivity contribution in [1.29, 1.82) is 0 Å². The van der Waals surface area contributed by atoms with Crippen molar-refractivity contribution in [3.05, 3.63) is 24.3 Å². The van der Waals surface area contributed by atoms with Crippen LogP contribution in [0.3, 0.4) is 0 Å². The lowest BCUT2D eigenvalue weighted by Crippen LogP contribution is -3.15. The van der Waals surface area contributed by atoms with Gasteiger partial charge in [-0.05, 0) is 35.8 Å². The molecule has 1 aromatic carbocycles. The van der Waals surface area contributed by atoms with Gasteiger partial charge in [-0.1, -0.05) is 0 Å². The van der Waals surface area contributed by atoms with Crippen LogP contribution in [0.4, 0.5) is 5.69 Å². The molecule has 1 aromatic rings. The first-order chi connectivity index (χ1) is 11.8. The van der Waals surface area contributed by atoms with Crippen molar-refractivity contribution in [2.45, 2.75) is 25.3 Å². The van der Waals surface area contributed by atoms with E-state index < -0.39 is 0 Å². The topological polar surface area (TPSA) is 33.5 Å². The maximum absolute atomic E-state index is 5.25. The summed E-state index contributed by atoms with van der Waals surface area (Å²) in [4.78, 5) is 4.29. The van der Waals surface area contributed by atoms with Crippen LogP contribution in [0.15, 0.2) is 24.3 Å². The molecule has 2 fully saturated rings. The van der Waals surface area contributed by atoms with Crippen LogP contribution in [0.1, 0.15) is 19.3 Å². The normalized spacial score (nSPS) is 20.3. The molecule has 2 heterocycles. The number of nitrogens with two attached hydrogens (primary N) is 1. The van der Waals surface area contributed by atoms with Gasteiger partial charge < -0.3 is 19.9 Å². The zero-order valence-electron chi connectivity index (χ0n) is 15.0. The number of benzene rings is 1. The van der Waals surface area contributed by atoms with Crippen molar-refractivity contribution in [3.8, 4) is 5.75 Å². The van der Waals surface area contributed by atoms with Crippen molar-refractivity contribution in [1.82, 2.24) is 0 Å². The first-order valence-corrected chi connectivity index (χ1v) is 10.6. The Kier molecular flexibility index (Phi) is 7.12. The van der Waals surface area contributed by atoms with Crippen molar-refractivity contribution in [2.75, 3.05) is 62.8 Å². The molecule has 0 atom stereocenters. The Morgan fingerprint density at radius 1 is 1.17 bits per heavy atom. The number of hydrogen-bond donors (Lipinski definition) is 2. The van der Waals surface area contributed by atoms with Crippen LogP contribution in [-0.4, -0.2) is 63.9 Å². The molecule has 2 aliphatic rings. The lowest BCUT2D eigenvalue weighted by atomic mass is 10.1. The maximum Gasteiger partial charge on any atom is 0.119 e. The lowest BCUT2D eigenvalue weighted by Gasteiger charge is -2.33. The fourth-order valence-corrected chi connectivity index (χ4v) is 4.92. The molecule has 0 aromatic heterocycles. The van der Waals surface area contributed by atoms with Crippen LogP contribution < -0.4 is 19.9 Å². The zero-order chi connectivity index (χ0) is 16.6. The van der Waals surface area contributed by atoms with E-state index in [0.29, 0.717) is 0 Å². The molecule has 24 heavy (non-hydrogen) atoms. The van der Waals surface area contributed by atoms with Gasteiger partial charge in [-0.3, -0.25) is 0 Å². The quantitative estimate of drug-likeness (QED) is 0.691. The van der Waals surface area contributed by atoms with E-state index in [-0.39, 0.29) is 0 Å². The highest BCUT2D eigenvalue weighted by molar-refractivity contribution is 7.99. The van der Waals surface area contributed by atoms with E-state index in [0.717, 1.165) is 11.8 Å². The Morgan fingerprint density at radius 3 is 2.54 bits per heavy atom. The molecule has 0 spiro atoms. The third-order valence-electron chi connectivity index (χ3n) is 5.41. The van der Waals surface area contributed by atoms with Gasteiger partial charge >= 0.3 is 0 Å². The molecule has 134 valence electrons. The van der Waals surface area contributed by atoms with Crippen molar-refractivity contribution in [3.63, 3.8) is 0 Å². The van der Waals surface area contributed by atoms with Crippen LogP contribution in [-0.2, 0) is 0 Å².